The number of thiazole rings is 1. The molecule has 0 unspecified atom stereocenters. The lowest BCUT2D eigenvalue weighted by molar-refractivity contribution is -0.137. The molecular formula is C30H25F3N8O2S2. The van der Waals surface area contributed by atoms with E-state index in [0.29, 0.717) is 30.5 Å². The zero-order valence-corrected chi connectivity index (χ0v) is 25.3. The molecule has 10 nitrogen and oxygen atoms in total. The van der Waals surface area contributed by atoms with Crippen LogP contribution < -0.4 is 20.7 Å². The van der Waals surface area contributed by atoms with Crippen LogP contribution in [0.4, 0.5) is 34.6 Å². The van der Waals surface area contributed by atoms with Gasteiger partial charge in [0.2, 0.25) is 0 Å². The predicted octanol–water partition coefficient (Wildman–Crippen LogP) is 7.39. The summed E-state index contributed by atoms with van der Waals surface area (Å²) in [6.45, 7) is 1.19. The van der Waals surface area contributed by atoms with Crippen molar-refractivity contribution in [2.45, 2.75) is 19.1 Å². The fraction of sp³-hybridized carbons (Fsp3) is 0.167. The molecule has 0 aliphatic carbocycles. The van der Waals surface area contributed by atoms with Crippen molar-refractivity contribution in [1.29, 1.82) is 0 Å². The van der Waals surface area contributed by atoms with Gasteiger partial charge in [-0.05, 0) is 42.0 Å². The number of hydrogen-bond donors (Lipinski definition) is 3. The van der Waals surface area contributed by atoms with Crippen LogP contribution in [-0.2, 0) is 19.1 Å². The maximum atomic E-state index is 12.9. The normalized spacial score (nSPS) is 11.5. The molecule has 0 atom stereocenters. The van der Waals surface area contributed by atoms with E-state index >= 15 is 0 Å². The molecule has 45 heavy (non-hydrogen) atoms. The molecule has 0 radical (unpaired) electrons. The third-order valence-corrected chi connectivity index (χ3v) is 8.77. The number of urea groups is 1. The molecule has 2 amide bonds. The molecule has 6 aromatic rings. The van der Waals surface area contributed by atoms with Gasteiger partial charge in [-0.15, -0.1) is 22.7 Å². The average Bonchev–Trinajstić information content (AvgIpc) is 3.78. The van der Waals surface area contributed by atoms with Gasteiger partial charge in [-0.1, -0.05) is 18.2 Å². The lowest BCUT2D eigenvalue weighted by Gasteiger charge is -2.09. The van der Waals surface area contributed by atoms with Crippen molar-refractivity contribution in [3.63, 3.8) is 0 Å². The number of carbonyl (C=O) groups excluding carboxylic acids is 1. The van der Waals surface area contributed by atoms with E-state index in [1.165, 1.54) is 29.8 Å². The van der Waals surface area contributed by atoms with E-state index in [2.05, 4.69) is 36.0 Å². The predicted molar refractivity (Wildman–Crippen MR) is 169 cm³/mol. The molecule has 0 spiro atoms. The molecule has 0 fully saturated rings. The van der Waals surface area contributed by atoms with Crippen LogP contribution in [0.1, 0.15) is 16.0 Å². The maximum Gasteiger partial charge on any atom is 0.416 e. The number of alkyl halides is 3. The Morgan fingerprint density at radius 1 is 1.00 bits per heavy atom. The second-order valence-electron chi connectivity index (χ2n) is 9.79. The highest BCUT2D eigenvalue weighted by Crippen LogP contribution is 2.36. The summed E-state index contributed by atoms with van der Waals surface area (Å²) in [5.41, 5.74) is 2.10. The van der Waals surface area contributed by atoms with Crippen LogP contribution in [0.15, 0.2) is 79.5 Å². The number of nitrogens with one attached hydrogen (secondary N) is 3. The highest BCUT2D eigenvalue weighted by Gasteiger charge is 2.30. The number of fused-ring (bicyclic) bond motifs is 1. The Balaban J connectivity index is 1.04. The first kappa shape index (κ1) is 30.0. The summed E-state index contributed by atoms with van der Waals surface area (Å²) in [6, 6.07) is 13.6. The number of anilines is 3. The monoisotopic (exact) mass is 650 g/mol. The second-order valence-corrected chi connectivity index (χ2v) is 12.0. The number of thiophene rings is 1. The summed E-state index contributed by atoms with van der Waals surface area (Å²) in [5.74, 6) is 1.52. The molecule has 230 valence electrons. The summed E-state index contributed by atoms with van der Waals surface area (Å²) in [7, 11) is 1.64. The molecule has 0 saturated carbocycles. The number of nitrogens with zero attached hydrogens (tertiary/aromatic N) is 5. The van der Waals surface area contributed by atoms with Gasteiger partial charge in [0.15, 0.2) is 5.13 Å². The number of methoxy groups -OCH3 is 1. The molecule has 0 bridgehead atoms. The molecule has 4 aromatic heterocycles. The third-order valence-electron chi connectivity index (χ3n) is 6.62. The van der Waals surface area contributed by atoms with Crippen molar-refractivity contribution >= 4 is 55.6 Å². The molecule has 4 heterocycles. The van der Waals surface area contributed by atoms with Crippen molar-refractivity contribution in [2.75, 3.05) is 29.6 Å². The Labute approximate surface area is 262 Å². The van der Waals surface area contributed by atoms with Gasteiger partial charge in [-0.3, -0.25) is 10.00 Å². The number of ether oxygens (including phenoxy) is 1. The Morgan fingerprint density at radius 2 is 1.84 bits per heavy atom. The Kier molecular flexibility index (Phi) is 8.62. The summed E-state index contributed by atoms with van der Waals surface area (Å²) in [4.78, 5) is 27.3. The second kappa shape index (κ2) is 12.9. The van der Waals surface area contributed by atoms with Crippen LogP contribution in [0.5, 0.6) is 5.75 Å². The zero-order valence-electron chi connectivity index (χ0n) is 23.6. The summed E-state index contributed by atoms with van der Waals surface area (Å²) in [6.07, 6.45) is 3.12. The van der Waals surface area contributed by atoms with Crippen LogP contribution in [0, 0.1) is 0 Å². The van der Waals surface area contributed by atoms with Crippen molar-refractivity contribution in [3.05, 3.63) is 95.5 Å². The van der Waals surface area contributed by atoms with Gasteiger partial charge in [-0.2, -0.15) is 18.3 Å². The smallest absolute Gasteiger partial charge is 0.416 e. The number of benzene rings is 2. The number of hydrogen-bond acceptors (Lipinski definition) is 9. The van der Waals surface area contributed by atoms with E-state index in [1.807, 2.05) is 47.4 Å². The molecule has 3 N–H and O–H groups in total. The first-order valence-corrected chi connectivity index (χ1v) is 15.2. The molecule has 2 aromatic carbocycles. The fourth-order valence-corrected chi connectivity index (χ4v) is 6.29. The number of amides is 2. The van der Waals surface area contributed by atoms with Crippen molar-refractivity contribution in [3.8, 4) is 16.2 Å². The number of rotatable bonds is 10. The average molecular weight is 651 g/mol. The van der Waals surface area contributed by atoms with Crippen molar-refractivity contribution in [2.24, 2.45) is 0 Å². The first-order chi connectivity index (χ1) is 21.7. The maximum absolute atomic E-state index is 12.9. The van der Waals surface area contributed by atoms with E-state index in [1.54, 1.807) is 24.6 Å². The molecule has 6 rings (SSSR count). The highest BCUT2D eigenvalue weighted by atomic mass is 32.1. The van der Waals surface area contributed by atoms with Crippen LogP contribution in [0.3, 0.4) is 0 Å². The van der Waals surface area contributed by atoms with E-state index < -0.39 is 17.8 Å². The van der Waals surface area contributed by atoms with Gasteiger partial charge in [-0.25, -0.2) is 19.7 Å². The SMILES string of the molecule is COc1ccc(Cn2cc(-c3cc4ncnc(NCCc5cnc(NC(=O)Nc6cccc(C(F)(F)F)c6)s5)c4s3)cn2)cc1. The van der Waals surface area contributed by atoms with Crippen LogP contribution in [-0.4, -0.2) is 44.4 Å². The van der Waals surface area contributed by atoms with E-state index in [4.69, 9.17) is 4.74 Å². The summed E-state index contributed by atoms with van der Waals surface area (Å²) >= 11 is 2.85. The Bertz CT molecular complexity index is 1940. The minimum atomic E-state index is -4.50. The quantitative estimate of drug-likeness (QED) is 0.142. The lowest BCUT2D eigenvalue weighted by atomic mass is 10.2. The summed E-state index contributed by atoms with van der Waals surface area (Å²) in [5, 5.41) is 13.2. The molecule has 0 aliphatic rings. The minimum absolute atomic E-state index is 0.0265. The van der Waals surface area contributed by atoms with Crippen LogP contribution in [0.2, 0.25) is 0 Å². The third kappa shape index (κ3) is 7.38. The van der Waals surface area contributed by atoms with Crippen LogP contribution >= 0.6 is 22.7 Å². The lowest BCUT2D eigenvalue weighted by Crippen LogP contribution is -2.19. The van der Waals surface area contributed by atoms with Gasteiger partial charge >= 0.3 is 12.2 Å². The zero-order chi connectivity index (χ0) is 31.4. The number of aromatic nitrogens is 5. The van der Waals surface area contributed by atoms with Gasteiger partial charge < -0.3 is 15.4 Å². The number of halogens is 3. The van der Waals surface area contributed by atoms with Gasteiger partial charge in [0.1, 0.15) is 17.9 Å². The molecular weight excluding hydrogens is 626 g/mol. The molecule has 0 aliphatic heterocycles. The van der Waals surface area contributed by atoms with Gasteiger partial charge in [0.05, 0.1) is 35.6 Å². The minimum Gasteiger partial charge on any atom is -0.497 e. The van der Waals surface area contributed by atoms with E-state index in [-0.39, 0.29) is 5.69 Å². The number of carbonyl (C=O) groups is 1. The fourth-order valence-electron chi connectivity index (χ4n) is 4.44. The summed E-state index contributed by atoms with van der Waals surface area (Å²) < 4.78 is 46.9. The Hall–Kier alpha value is -5.02. The first-order valence-electron chi connectivity index (χ1n) is 13.6. The van der Waals surface area contributed by atoms with Crippen molar-refractivity contribution < 1.29 is 22.7 Å². The van der Waals surface area contributed by atoms with Crippen molar-refractivity contribution in [1.82, 2.24) is 24.7 Å². The molecule has 15 heteroatoms. The topological polar surface area (TPSA) is 119 Å². The largest absolute Gasteiger partial charge is 0.497 e. The van der Waals surface area contributed by atoms with Crippen LogP contribution in [0.25, 0.3) is 20.7 Å². The highest BCUT2D eigenvalue weighted by molar-refractivity contribution is 7.22. The Morgan fingerprint density at radius 3 is 2.64 bits per heavy atom. The molecule has 0 saturated heterocycles. The van der Waals surface area contributed by atoms with E-state index in [9.17, 15) is 18.0 Å². The standard InChI is InChI=1S/C30H25F3N8O2S2/c1-43-22-7-5-18(6-8-22)15-41-16-19(13-38-41)25-12-24-26(45-25)27(37-17-36-24)34-10-9-23-14-35-29(44-23)40-28(42)39-21-4-2-3-20(11-21)30(31,32)33/h2-8,11-14,16-17H,9-10,15H2,1H3,(H,34,36,37)(H2,35,39,40,42). The van der Waals surface area contributed by atoms with E-state index in [0.717, 1.165) is 49.0 Å². The van der Waals surface area contributed by atoms with Gasteiger partial charge in [0, 0.05) is 46.4 Å². The van der Waals surface area contributed by atoms with Gasteiger partial charge in [0.25, 0.3) is 0 Å².